The molecule has 2 aromatic rings. The molecular formula is C15H18N4O2. The number of aryl methyl sites for hydroxylation is 1. The summed E-state index contributed by atoms with van der Waals surface area (Å²) in [6.07, 6.45) is 5.02. The van der Waals surface area contributed by atoms with E-state index < -0.39 is 0 Å². The third-order valence-corrected chi connectivity index (χ3v) is 2.95. The Morgan fingerprint density at radius 2 is 2.10 bits per heavy atom. The molecule has 2 aromatic heterocycles. The van der Waals surface area contributed by atoms with Gasteiger partial charge in [0.2, 0.25) is 5.88 Å². The van der Waals surface area contributed by atoms with Crippen LogP contribution in [0.5, 0.6) is 5.88 Å². The third kappa shape index (κ3) is 4.17. The van der Waals surface area contributed by atoms with Crippen LogP contribution in [-0.4, -0.2) is 36.1 Å². The number of amides is 1. The molecule has 6 nitrogen and oxygen atoms in total. The Balaban J connectivity index is 1.77. The van der Waals surface area contributed by atoms with Gasteiger partial charge in [0.1, 0.15) is 0 Å². The van der Waals surface area contributed by atoms with Crippen molar-refractivity contribution in [2.75, 3.05) is 25.5 Å². The van der Waals surface area contributed by atoms with Gasteiger partial charge in [-0.05, 0) is 24.6 Å². The van der Waals surface area contributed by atoms with E-state index in [0.29, 0.717) is 24.5 Å². The molecule has 0 saturated carbocycles. The summed E-state index contributed by atoms with van der Waals surface area (Å²) in [6, 6.07) is 5.25. The maximum atomic E-state index is 11.9. The topological polar surface area (TPSA) is 76.1 Å². The summed E-state index contributed by atoms with van der Waals surface area (Å²) in [5.74, 6) is 0.333. The largest absolute Gasteiger partial charge is 0.481 e. The van der Waals surface area contributed by atoms with Crippen molar-refractivity contribution in [3.8, 4) is 5.88 Å². The molecule has 2 N–H and O–H groups in total. The minimum Gasteiger partial charge on any atom is -0.481 e. The van der Waals surface area contributed by atoms with E-state index in [0.717, 1.165) is 11.3 Å². The van der Waals surface area contributed by atoms with Crippen LogP contribution < -0.4 is 15.4 Å². The standard InChI is InChI=1S/C15H18N4O2/c1-11-9-16-6-5-13(11)17-7-8-18-15(20)12-3-4-14(21-2)19-10-12/h3-6,9-10H,7-8H2,1-2H3,(H,16,17)(H,18,20). The number of nitrogens with one attached hydrogen (secondary N) is 2. The van der Waals surface area contributed by atoms with Gasteiger partial charge in [-0.15, -0.1) is 0 Å². The van der Waals surface area contributed by atoms with Crippen LogP contribution in [0.15, 0.2) is 36.8 Å². The molecule has 0 spiro atoms. The summed E-state index contributed by atoms with van der Waals surface area (Å²) < 4.78 is 4.95. The van der Waals surface area contributed by atoms with Gasteiger partial charge in [0.15, 0.2) is 0 Å². The van der Waals surface area contributed by atoms with Crippen LogP contribution in [0.1, 0.15) is 15.9 Å². The maximum absolute atomic E-state index is 11.9. The lowest BCUT2D eigenvalue weighted by atomic mass is 10.2. The maximum Gasteiger partial charge on any atom is 0.252 e. The SMILES string of the molecule is COc1ccc(C(=O)NCCNc2ccncc2C)cn1. The molecule has 0 aliphatic carbocycles. The number of carbonyl (C=O) groups is 1. The van der Waals surface area contributed by atoms with Gasteiger partial charge in [-0.2, -0.15) is 0 Å². The fourth-order valence-electron chi connectivity index (χ4n) is 1.78. The average Bonchev–Trinajstić information content (AvgIpc) is 2.53. The van der Waals surface area contributed by atoms with Gasteiger partial charge < -0.3 is 15.4 Å². The number of nitrogens with zero attached hydrogens (tertiary/aromatic N) is 2. The molecule has 0 bridgehead atoms. The minimum atomic E-state index is -0.154. The summed E-state index contributed by atoms with van der Waals surface area (Å²) in [6.45, 7) is 3.14. The highest BCUT2D eigenvalue weighted by molar-refractivity contribution is 5.93. The highest BCUT2D eigenvalue weighted by Crippen LogP contribution is 2.10. The normalized spacial score (nSPS) is 10.0. The number of carbonyl (C=O) groups excluding carboxylic acids is 1. The number of ether oxygens (including phenoxy) is 1. The molecule has 0 fully saturated rings. The van der Waals surface area contributed by atoms with Gasteiger partial charge in [-0.1, -0.05) is 0 Å². The Bertz CT molecular complexity index is 599. The lowest BCUT2D eigenvalue weighted by Crippen LogP contribution is -2.28. The molecule has 110 valence electrons. The number of hydrogen-bond donors (Lipinski definition) is 2. The first-order valence-electron chi connectivity index (χ1n) is 6.63. The number of aromatic nitrogens is 2. The van der Waals surface area contributed by atoms with E-state index in [1.54, 1.807) is 24.5 Å². The molecule has 21 heavy (non-hydrogen) atoms. The van der Waals surface area contributed by atoms with E-state index in [4.69, 9.17) is 4.74 Å². The highest BCUT2D eigenvalue weighted by atomic mass is 16.5. The van der Waals surface area contributed by atoms with Gasteiger partial charge in [-0.3, -0.25) is 9.78 Å². The van der Waals surface area contributed by atoms with Crippen LogP contribution in [0.25, 0.3) is 0 Å². The molecule has 0 aliphatic heterocycles. The first-order chi connectivity index (χ1) is 10.2. The van der Waals surface area contributed by atoms with Crippen LogP contribution in [0.3, 0.4) is 0 Å². The van der Waals surface area contributed by atoms with E-state index in [1.807, 2.05) is 13.0 Å². The second-order valence-electron chi connectivity index (χ2n) is 4.46. The molecule has 0 radical (unpaired) electrons. The smallest absolute Gasteiger partial charge is 0.252 e. The van der Waals surface area contributed by atoms with E-state index in [2.05, 4.69) is 20.6 Å². The molecule has 1 amide bonds. The fraction of sp³-hybridized carbons (Fsp3) is 0.267. The van der Waals surface area contributed by atoms with Crippen molar-refractivity contribution < 1.29 is 9.53 Å². The summed E-state index contributed by atoms with van der Waals surface area (Å²) >= 11 is 0. The predicted octanol–water partition coefficient (Wildman–Crippen LogP) is 1.64. The first kappa shape index (κ1) is 14.8. The summed E-state index contributed by atoms with van der Waals surface area (Å²) in [5, 5.41) is 6.08. The quantitative estimate of drug-likeness (QED) is 0.789. The zero-order valence-corrected chi connectivity index (χ0v) is 12.1. The van der Waals surface area contributed by atoms with Crippen molar-refractivity contribution in [2.24, 2.45) is 0 Å². The monoisotopic (exact) mass is 286 g/mol. The van der Waals surface area contributed by atoms with E-state index in [9.17, 15) is 4.79 Å². The van der Waals surface area contributed by atoms with Crippen LogP contribution in [0.4, 0.5) is 5.69 Å². The fourth-order valence-corrected chi connectivity index (χ4v) is 1.78. The second-order valence-corrected chi connectivity index (χ2v) is 4.46. The van der Waals surface area contributed by atoms with Gasteiger partial charge in [0.05, 0.1) is 12.7 Å². The molecular weight excluding hydrogens is 268 g/mol. The molecule has 2 rings (SSSR count). The van der Waals surface area contributed by atoms with E-state index in [-0.39, 0.29) is 5.91 Å². The highest BCUT2D eigenvalue weighted by Gasteiger charge is 2.05. The lowest BCUT2D eigenvalue weighted by Gasteiger charge is -2.09. The summed E-state index contributed by atoms with van der Waals surface area (Å²) in [4.78, 5) is 19.9. The van der Waals surface area contributed by atoms with Crippen molar-refractivity contribution in [3.63, 3.8) is 0 Å². The van der Waals surface area contributed by atoms with E-state index >= 15 is 0 Å². The summed E-state index contributed by atoms with van der Waals surface area (Å²) in [5.41, 5.74) is 2.60. The van der Waals surface area contributed by atoms with Crippen molar-refractivity contribution in [1.29, 1.82) is 0 Å². The minimum absolute atomic E-state index is 0.154. The van der Waals surface area contributed by atoms with Crippen LogP contribution in [0, 0.1) is 6.92 Å². The Labute approximate surface area is 123 Å². The zero-order valence-electron chi connectivity index (χ0n) is 12.1. The van der Waals surface area contributed by atoms with Crippen molar-refractivity contribution >= 4 is 11.6 Å². The van der Waals surface area contributed by atoms with Crippen molar-refractivity contribution in [1.82, 2.24) is 15.3 Å². The van der Waals surface area contributed by atoms with Crippen molar-refractivity contribution in [3.05, 3.63) is 47.9 Å². The summed E-state index contributed by atoms with van der Waals surface area (Å²) in [7, 11) is 1.54. The number of anilines is 1. The van der Waals surface area contributed by atoms with Gasteiger partial charge in [0, 0.05) is 43.4 Å². The van der Waals surface area contributed by atoms with E-state index in [1.165, 1.54) is 13.3 Å². The second kappa shape index (κ2) is 7.23. The first-order valence-corrected chi connectivity index (χ1v) is 6.63. The Morgan fingerprint density at radius 3 is 2.76 bits per heavy atom. The third-order valence-electron chi connectivity index (χ3n) is 2.95. The van der Waals surface area contributed by atoms with Crippen LogP contribution >= 0.6 is 0 Å². The molecule has 0 aromatic carbocycles. The average molecular weight is 286 g/mol. The molecule has 0 saturated heterocycles. The Kier molecular flexibility index (Phi) is 5.09. The molecule has 0 unspecified atom stereocenters. The van der Waals surface area contributed by atoms with Gasteiger partial charge in [-0.25, -0.2) is 4.98 Å². The zero-order chi connectivity index (χ0) is 15.1. The van der Waals surface area contributed by atoms with Crippen LogP contribution in [-0.2, 0) is 0 Å². The Hall–Kier alpha value is -2.63. The molecule has 6 heteroatoms. The van der Waals surface area contributed by atoms with Crippen molar-refractivity contribution in [2.45, 2.75) is 6.92 Å². The number of pyridine rings is 2. The van der Waals surface area contributed by atoms with Gasteiger partial charge in [0.25, 0.3) is 5.91 Å². The van der Waals surface area contributed by atoms with Crippen LogP contribution in [0.2, 0.25) is 0 Å². The predicted molar refractivity (Wildman–Crippen MR) is 80.6 cm³/mol. The molecule has 0 aliphatic rings. The number of hydrogen-bond acceptors (Lipinski definition) is 5. The van der Waals surface area contributed by atoms with Gasteiger partial charge >= 0.3 is 0 Å². The molecule has 2 heterocycles. The lowest BCUT2D eigenvalue weighted by molar-refractivity contribution is 0.0955. The number of methoxy groups -OCH3 is 1. The number of rotatable bonds is 6. The Morgan fingerprint density at radius 1 is 1.24 bits per heavy atom. The molecule has 0 atom stereocenters.